The van der Waals surface area contributed by atoms with Crippen molar-refractivity contribution in [2.45, 2.75) is 19.7 Å². The fourth-order valence-electron chi connectivity index (χ4n) is 4.48. The van der Waals surface area contributed by atoms with Gasteiger partial charge < -0.3 is 29.0 Å². The molecule has 5 rings (SSSR count). The van der Waals surface area contributed by atoms with Crippen LogP contribution in [0.5, 0.6) is 17.2 Å². The van der Waals surface area contributed by atoms with Gasteiger partial charge in [0.05, 0.1) is 14.2 Å². The van der Waals surface area contributed by atoms with Crippen LogP contribution in [0.25, 0.3) is 0 Å². The molecular weight excluding hydrogens is 487 g/mol. The number of carbonyl (C=O) groups excluding carboxylic acids is 1. The van der Waals surface area contributed by atoms with Crippen LogP contribution in [0, 0.1) is 5.82 Å². The van der Waals surface area contributed by atoms with E-state index in [-0.39, 0.29) is 24.9 Å². The minimum absolute atomic E-state index is 0.123. The molecule has 0 fully saturated rings. The lowest BCUT2D eigenvalue weighted by molar-refractivity contribution is 0.0743. The number of halogens is 1. The van der Waals surface area contributed by atoms with Gasteiger partial charge in [0.2, 0.25) is 0 Å². The van der Waals surface area contributed by atoms with Crippen molar-refractivity contribution in [2.75, 3.05) is 32.6 Å². The van der Waals surface area contributed by atoms with E-state index in [1.165, 1.54) is 6.07 Å². The topological polar surface area (TPSA) is 77.9 Å². The smallest absolute Gasteiger partial charge is 0.274 e. The molecule has 8 nitrogen and oxygen atoms in total. The normalized spacial score (nSPS) is 12.9. The molecular formula is C29H29FN4O4. The summed E-state index contributed by atoms with van der Waals surface area (Å²) in [5, 5.41) is 3.28. The van der Waals surface area contributed by atoms with Gasteiger partial charge in [-0.1, -0.05) is 48.5 Å². The lowest BCUT2D eigenvalue weighted by atomic mass is 10.2. The van der Waals surface area contributed by atoms with Gasteiger partial charge in [0, 0.05) is 37.8 Å². The van der Waals surface area contributed by atoms with Crippen molar-refractivity contribution in [2.24, 2.45) is 0 Å². The van der Waals surface area contributed by atoms with E-state index in [0.717, 1.165) is 5.56 Å². The van der Waals surface area contributed by atoms with E-state index in [1.54, 1.807) is 55.5 Å². The molecule has 0 atom stereocenters. The number of hydrogen-bond donors (Lipinski definition) is 1. The van der Waals surface area contributed by atoms with Gasteiger partial charge in [-0.25, -0.2) is 9.37 Å². The summed E-state index contributed by atoms with van der Waals surface area (Å²) < 4.78 is 33.0. The number of nitrogens with one attached hydrogen (secondary N) is 1. The predicted octanol–water partition coefficient (Wildman–Crippen LogP) is 4.73. The van der Waals surface area contributed by atoms with Gasteiger partial charge in [-0.05, 0) is 23.8 Å². The molecule has 38 heavy (non-hydrogen) atoms. The molecule has 3 aromatic carbocycles. The summed E-state index contributed by atoms with van der Waals surface area (Å²) in [7, 11) is 3.14. The van der Waals surface area contributed by atoms with Crippen molar-refractivity contribution in [1.82, 2.24) is 14.5 Å². The maximum Gasteiger partial charge on any atom is 0.274 e. The minimum Gasteiger partial charge on any atom is -0.493 e. The molecule has 1 N–H and O–H groups in total. The van der Waals surface area contributed by atoms with Gasteiger partial charge in [0.25, 0.3) is 5.91 Å². The maximum absolute atomic E-state index is 14.4. The molecule has 1 aliphatic rings. The molecule has 0 bridgehead atoms. The lowest BCUT2D eigenvalue weighted by Gasteiger charge is -2.22. The van der Waals surface area contributed by atoms with Crippen molar-refractivity contribution in [1.29, 1.82) is 0 Å². The molecule has 0 saturated heterocycles. The van der Waals surface area contributed by atoms with Crippen LogP contribution in [-0.2, 0) is 19.7 Å². The van der Waals surface area contributed by atoms with E-state index < -0.39 is 0 Å². The average Bonchev–Trinajstić information content (AvgIpc) is 3.20. The Balaban J connectivity index is 1.47. The van der Waals surface area contributed by atoms with Crippen LogP contribution in [0.3, 0.4) is 0 Å². The molecule has 4 aromatic rings. The summed E-state index contributed by atoms with van der Waals surface area (Å²) in [5.41, 5.74) is 1.90. The van der Waals surface area contributed by atoms with Gasteiger partial charge in [-0.2, -0.15) is 0 Å². The molecule has 1 amide bonds. The first-order valence-electron chi connectivity index (χ1n) is 12.3. The van der Waals surface area contributed by atoms with Crippen LogP contribution in [0.1, 0.15) is 27.4 Å². The zero-order valence-electron chi connectivity index (χ0n) is 21.3. The Kier molecular flexibility index (Phi) is 7.44. The quantitative estimate of drug-likeness (QED) is 0.347. The van der Waals surface area contributed by atoms with Crippen LogP contribution in [-0.4, -0.2) is 47.7 Å². The Morgan fingerprint density at radius 1 is 0.947 bits per heavy atom. The fourth-order valence-corrected chi connectivity index (χ4v) is 4.48. The van der Waals surface area contributed by atoms with Gasteiger partial charge >= 0.3 is 0 Å². The SMILES string of the molecule is COc1ccc(OCc2nc3c(n2Cc2ccccc2)C(=O)N(Cc2ccccc2F)CCN3)cc1OC. The summed E-state index contributed by atoms with van der Waals surface area (Å²) in [6, 6.07) is 21.7. The summed E-state index contributed by atoms with van der Waals surface area (Å²) in [4.78, 5) is 20.2. The zero-order valence-corrected chi connectivity index (χ0v) is 21.3. The first kappa shape index (κ1) is 25.1. The third-order valence-electron chi connectivity index (χ3n) is 6.44. The second-order valence-corrected chi connectivity index (χ2v) is 8.85. The Morgan fingerprint density at radius 3 is 2.47 bits per heavy atom. The summed E-state index contributed by atoms with van der Waals surface area (Å²) >= 11 is 0. The predicted molar refractivity (Wildman–Crippen MR) is 141 cm³/mol. The number of anilines is 1. The zero-order chi connectivity index (χ0) is 26.5. The summed E-state index contributed by atoms with van der Waals surface area (Å²) in [6.07, 6.45) is 0. The van der Waals surface area contributed by atoms with Crippen LogP contribution in [0.15, 0.2) is 72.8 Å². The highest BCUT2D eigenvalue weighted by atomic mass is 19.1. The molecule has 0 unspecified atom stereocenters. The molecule has 196 valence electrons. The number of methoxy groups -OCH3 is 2. The van der Waals surface area contributed by atoms with Gasteiger partial charge in [0.1, 0.15) is 24.0 Å². The summed E-state index contributed by atoms with van der Waals surface area (Å²) in [6.45, 7) is 1.63. The van der Waals surface area contributed by atoms with Crippen LogP contribution in [0.2, 0.25) is 0 Å². The highest BCUT2D eigenvalue weighted by Crippen LogP contribution is 2.32. The van der Waals surface area contributed by atoms with Gasteiger partial charge in [-0.3, -0.25) is 4.79 Å². The maximum atomic E-state index is 14.4. The number of nitrogens with zero attached hydrogens (tertiary/aromatic N) is 3. The van der Waals surface area contributed by atoms with E-state index in [9.17, 15) is 9.18 Å². The molecule has 1 aliphatic heterocycles. The van der Waals surface area contributed by atoms with E-state index in [1.807, 2.05) is 34.9 Å². The number of amides is 1. The Labute approximate surface area is 220 Å². The largest absolute Gasteiger partial charge is 0.493 e. The number of rotatable bonds is 9. The van der Waals surface area contributed by atoms with Crippen molar-refractivity contribution in [3.05, 3.63) is 101 Å². The van der Waals surface area contributed by atoms with E-state index >= 15 is 0 Å². The average molecular weight is 517 g/mol. The highest BCUT2D eigenvalue weighted by Gasteiger charge is 2.30. The van der Waals surface area contributed by atoms with Crippen molar-refractivity contribution < 1.29 is 23.4 Å². The second-order valence-electron chi connectivity index (χ2n) is 8.85. The Hall–Kier alpha value is -4.53. The number of hydrogen-bond acceptors (Lipinski definition) is 6. The van der Waals surface area contributed by atoms with Crippen LogP contribution in [0.4, 0.5) is 10.2 Å². The van der Waals surface area contributed by atoms with Crippen molar-refractivity contribution >= 4 is 11.7 Å². The first-order valence-corrected chi connectivity index (χ1v) is 12.3. The van der Waals surface area contributed by atoms with Crippen LogP contribution >= 0.6 is 0 Å². The molecule has 0 spiro atoms. The third-order valence-corrected chi connectivity index (χ3v) is 6.44. The number of carbonyl (C=O) groups is 1. The van der Waals surface area contributed by atoms with Crippen molar-refractivity contribution in [3.63, 3.8) is 0 Å². The van der Waals surface area contributed by atoms with Gasteiger partial charge in [0.15, 0.2) is 23.0 Å². The van der Waals surface area contributed by atoms with E-state index in [4.69, 9.17) is 19.2 Å². The van der Waals surface area contributed by atoms with Crippen molar-refractivity contribution in [3.8, 4) is 17.2 Å². The lowest BCUT2D eigenvalue weighted by Crippen LogP contribution is -2.34. The third kappa shape index (κ3) is 5.27. The molecule has 0 aliphatic carbocycles. The number of ether oxygens (including phenoxy) is 3. The molecule has 0 radical (unpaired) electrons. The highest BCUT2D eigenvalue weighted by molar-refractivity contribution is 5.98. The molecule has 2 heterocycles. The first-order chi connectivity index (χ1) is 18.6. The molecule has 0 saturated carbocycles. The number of aromatic nitrogens is 2. The monoisotopic (exact) mass is 516 g/mol. The number of imidazole rings is 1. The number of benzene rings is 3. The molecule has 1 aromatic heterocycles. The van der Waals surface area contributed by atoms with E-state index in [2.05, 4.69) is 5.32 Å². The molecule has 9 heteroatoms. The minimum atomic E-state index is -0.334. The van der Waals surface area contributed by atoms with E-state index in [0.29, 0.717) is 59.8 Å². The van der Waals surface area contributed by atoms with Gasteiger partial charge in [-0.15, -0.1) is 0 Å². The number of fused-ring (bicyclic) bond motifs is 1. The summed E-state index contributed by atoms with van der Waals surface area (Å²) in [5.74, 6) is 2.26. The standard InChI is InChI=1S/C29H29FN4O4/c1-36-24-13-12-22(16-25(24)37-2)38-19-26-32-28-27(34(26)17-20-8-4-3-5-9-20)29(35)33(15-14-31-28)18-21-10-6-7-11-23(21)30/h3-13,16,31H,14-15,17-19H2,1-2H3. The Morgan fingerprint density at radius 2 is 1.71 bits per heavy atom. The Bertz CT molecular complexity index is 1420. The fraction of sp³-hybridized carbons (Fsp3) is 0.241. The second kappa shape index (κ2) is 11.2. The van der Waals surface area contributed by atoms with Crippen LogP contribution < -0.4 is 19.5 Å².